The van der Waals surface area contributed by atoms with Crippen LogP contribution >= 0.6 is 0 Å². The van der Waals surface area contributed by atoms with E-state index in [2.05, 4.69) is 19.1 Å². The highest BCUT2D eigenvalue weighted by molar-refractivity contribution is 5.94. The first kappa shape index (κ1) is 24.7. The van der Waals surface area contributed by atoms with Gasteiger partial charge in [-0.15, -0.1) is 0 Å². The lowest BCUT2D eigenvalue weighted by atomic mass is 9.93. The van der Waals surface area contributed by atoms with Crippen molar-refractivity contribution in [3.63, 3.8) is 0 Å². The van der Waals surface area contributed by atoms with Gasteiger partial charge in [-0.25, -0.2) is 13.9 Å². The third kappa shape index (κ3) is 4.20. The van der Waals surface area contributed by atoms with Crippen LogP contribution in [0.4, 0.5) is 10.1 Å². The van der Waals surface area contributed by atoms with E-state index in [0.29, 0.717) is 43.0 Å². The smallest absolute Gasteiger partial charge is 0.273 e. The average molecular weight is 539 g/mol. The molecule has 0 bridgehead atoms. The number of aromatic nitrogens is 3. The predicted octanol–water partition coefficient (Wildman–Crippen LogP) is 4.48. The third-order valence-electron chi connectivity index (χ3n) is 8.68. The average Bonchev–Trinajstić information content (AvgIpc) is 3.51. The van der Waals surface area contributed by atoms with Gasteiger partial charge < -0.3 is 15.5 Å². The van der Waals surface area contributed by atoms with Gasteiger partial charge in [0.25, 0.3) is 5.91 Å². The van der Waals surface area contributed by atoms with Crippen LogP contribution in [0.3, 0.4) is 0 Å². The van der Waals surface area contributed by atoms with E-state index in [1.807, 2.05) is 34.1 Å². The number of primary amides is 1. The summed E-state index contributed by atoms with van der Waals surface area (Å²) in [5.41, 5.74) is 10.7. The number of amides is 2. The van der Waals surface area contributed by atoms with Crippen molar-refractivity contribution >= 4 is 23.0 Å². The molecule has 1 saturated carbocycles. The van der Waals surface area contributed by atoms with E-state index in [1.54, 1.807) is 16.6 Å². The Bertz CT molecular complexity index is 1660. The number of anilines is 1. The molecule has 1 unspecified atom stereocenters. The molecule has 40 heavy (non-hydrogen) atoms. The molecule has 9 heteroatoms. The first-order chi connectivity index (χ1) is 19.4. The molecule has 0 spiro atoms. The summed E-state index contributed by atoms with van der Waals surface area (Å²) in [7, 11) is 0. The number of nitrogens with two attached hydrogens (primary N) is 1. The van der Waals surface area contributed by atoms with Crippen LogP contribution in [-0.4, -0.2) is 50.9 Å². The van der Waals surface area contributed by atoms with E-state index in [0.717, 1.165) is 36.3 Å². The standard InChI is InChI=1S/C31H31FN6O2/c1-18-24-5-3-2-4-19(24)11-13-37(18)31(40)28-16-23-15-27(35-38(23)30(34-28)20-6-7-20)25-9-8-22(14-26(25)32)36-12-10-21(17-36)29(33)39/h2-5,8-9,14-16,18,20-21H,6-7,10-13,17H2,1H3,(H2,33,39)/t18-,21?/m1/s1. The summed E-state index contributed by atoms with van der Waals surface area (Å²) < 4.78 is 17.2. The molecular formula is C31H31FN6O2. The molecule has 0 radical (unpaired) electrons. The Balaban J connectivity index is 1.21. The minimum atomic E-state index is -0.388. The zero-order chi connectivity index (χ0) is 27.5. The molecule has 2 fully saturated rings. The lowest BCUT2D eigenvalue weighted by Crippen LogP contribution is -2.39. The van der Waals surface area contributed by atoms with Crippen LogP contribution in [0.2, 0.25) is 0 Å². The normalized spacial score (nSPS) is 20.6. The first-order valence-electron chi connectivity index (χ1n) is 14.0. The summed E-state index contributed by atoms with van der Waals surface area (Å²) in [6.45, 7) is 3.86. The van der Waals surface area contributed by atoms with Crippen molar-refractivity contribution < 1.29 is 14.0 Å². The highest BCUT2D eigenvalue weighted by atomic mass is 19.1. The summed E-state index contributed by atoms with van der Waals surface area (Å²) >= 11 is 0. The molecule has 3 aliphatic rings. The van der Waals surface area contributed by atoms with Crippen LogP contribution in [0.15, 0.2) is 54.6 Å². The molecule has 4 heterocycles. The zero-order valence-electron chi connectivity index (χ0n) is 22.4. The Morgan fingerprint density at radius 3 is 2.60 bits per heavy atom. The molecule has 1 saturated heterocycles. The van der Waals surface area contributed by atoms with E-state index < -0.39 is 0 Å². The number of carbonyl (C=O) groups is 2. The largest absolute Gasteiger partial charge is 0.371 e. The Kier molecular flexibility index (Phi) is 5.83. The Morgan fingerprint density at radius 1 is 1.02 bits per heavy atom. The maximum Gasteiger partial charge on any atom is 0.273 e. The number of carbonyl (C=O) groups excluding carboxylic acids is 2. The van der Waals surface area contributed by atoms with Crippen molar-refractivity contribution in [2.45, 2.75) is 44.6 Å². The highest BCUT2D eigenvalue weighted by Crippen LogP contribution is 2.40. The van der Waals surface area contributed by atoms with Crippen molar-refractivity contribution in [2.75, 3.05) is 24.5 Å². The lowest BCUT2D eigenvalue weighted by Gasteiger charge is -2.35. The monoisotopic (exact) mass is 538 g/mol. The summed E-state index contributed by atoms with van der Waals surface area (Å²) in [4.78, 5) is 34.0. The van der Waals surface area contributed by atoms with Gasteiger partial charge in [0.15, 0.2) is 0 Å². The molecule has 2 amide bonds. The number of halogens is 1. The van der Waals surface area contributed by atoms with E-state index in [9.17, 15) is 9.59 Å². The maximum atomic E-state index is 15.4. The minimum Gasteiger partial charge on any atom is -0.371 e. The molecule has 1 aliphatic carbocycles. The molecule has 2 aromatic heterocycles. The fraction of sp³-hybridized carbons (Fsp3) is 0.355. The van der Waals surface area contributed by atoms with Crippen molar-refractivity contribution in [3.05, 3.63) is 83.1 Å². The molecule has 2 aromatic carbocycles. The van der Waals surface area contributed by atoms with Crippen LogP contribution in [0.5, 0.6) is 0 Å². The Hall–Kier alpha value is -4.27. The van der Waals surface area contributed by atoms with Crippen molar-refractivity contribution in [1.82, 2.24) is 19.5 Å². The first-order valence-corrected chi connectivity index (χ1v) is 14.0. The topological polar surface area (TPSA) is 96.8 Å². The van der Waals surface area contributed by atoms with Crippen LogP contribution in [-0.2, 0) is 11.2 Å². The molecular weight excluding hydrogens is 507 g/mol. The Morgan fingerprint density at radius 2 is 1.85 bits per heavy atom. The summed E-state index contributed by atoms with van der Waals surface area (Å²) in [5, 5.41) is 4.74. The molecule has 2 N–H and O–H groups in total. The van der Waals surface area contributed by atoms with Gasteiger partial charge in [-0.3, -0.25) is 9.59 Å². The van der Waals surface area contributed by atoms with Gasteiger partial charge in [0.2, 0.25) is 5.91 Å². The molecule has 7 rings (SSSR count). The molecule has 8 nitrogen and oxygen atoms in total. The fourth-order valence-electron chi connectivity index (χ4n) is 6.20. The van der Waals surface area contributed by atoms with Gasteiger partial charge in [0, 0.05) is 36.8 Å². The number of rotatable bonds is 5. The van der Waals surface area contributed by atoms with Gasteiger partial charge in [-0.05, 0) is 74.1 Å². The van der Waals surface area contributed by atoms with Gasteiger partial charge in [0.05, 0.1) is 23.2 Å². The SMILES string of the molecule is C[C@@H]1c2ccccc2CCN1C(=O)c1cc2cc(-c3ccc(N4CCC(C(N)=O)C4)cc3F)nn2c(C2CC2)n1. The molecule has 204 valence electrons. The van der Waals surface area contributed by atoms with Crippen molar-refractivity contribution in [2.24, 2.45) is 11.7 Å². The fourth-order valence-corrected chi connectivity index (χ4v) is 6.20. The van der Waals surface area contributed by atoms with Gasteiger partial charge in [-0.1, -0.05) is 24.3 Å². The van der Waals surface area contributed by atoms with E-state index >= 15 is 4.39 Å². The molecule has 2 aliphatic heterocycles. The van der Waals surface area contributed by atoms with E-state index in [1.165, 1.54) is 17.2 Å². The minimum absolute atomic E-state index is 0.0400. The predicted molar refractivity (Wildman–Crippen MR) is 149 cm³/mol. The molecule has 2 atom stereocenters. The highest BCUT2D eigenvalue weighted by Gasteiger charge is 2.33. The second-order valence-corrected chi connectivity index (χ2v) is 11.3. The van der Waals surface area contributed by atoms with Crippen molar-refractivity contribution in [3.8, 4) is 11.3 Å². The second-order valence-electron chi connectivity index (χ2n) is 11.3. The summed E-state index contributed by atoms with van der Waals surface area (Å²) in [5.74, 6) is -0.0197. The number of nitrogens with zero attached hydrogens (tertiary/aromatic N) is 5. The van der Waals surface area contributed by atoms with Crippen LogP contribution in [0, 0.1) is 11.7 Å². The van der Waals surface area contributed by atoms with Crippen LogP contribution in [0.25, 0.3) is 16.8 Å². The van der Waals surface area contributed by atoms with Crippen LogP contribution < -0.4 is 10.6 Å². The molecule has 4 aromatic rings. The van der Waals surface area contributed by atoms with E-state index in [4.69, 9.17) is 15.8 Å². The van der Waals surface area contributed by atoms with Gasteiger partial charge in [0.1, 0.15) is 17.3 Å². The number of hydrogen-bond donors (Lipinski definition) is 1. The maximum absolute atomic E-state index is 15.4. The summed E-state index contributed by atoms with van der Waals surface area (Å²) in [6.07, 6.45) is 3.48. The summed E-state index contributed by atoms with van der Waals surface area (Å²) in [6, 6.07) is 16.9. The lowest BCUT2D eigenvalue weighted by molar-refractivity contribution is -0.121. The van der Waals surface area contributed by atoms with Gasteiger partial charge >= 0.3 is 0 Å². The third-order valence-corrected chi connectivity index (χ3v) is 8.68. The second kappa shape index (κ2) is 9.43. The zero-order valence-corrected chi connectivity index (χ0v) is 22.4. The number of hydrogen-bond acceptors (Lipinski definition) is 5. The van der Waals surface area contributed by atoms with Gasteiger partial charge in [-0.2, -0.15) is 5.10 Å². The number of benzene rings is 2. The number of fused-ring (bicyclic) bond motifs is 2. The van der Waals surface area contributed by atoms with Crippen molar-refractivity contribution in [1.29, 1.82) is 0 Å². The van der Waals surface area contributed by atoms with E-state index in [-0.39, 0.29) is 35.5 Å². The quantitative estimate of drug-likeness (QED) is 0.404. The Labute approximate surface area is 231 Å². The van der Waals surface area contributed by atoms with Crippen LogP contribution in [0.1, 0.15) is 65.6 Å².